The van der Waals surface area contributed by atoms with E-state index in [4.69, 9.17) is 9.97 Å². The monoisotopic (exact) mass is 534 g/mol. The second-order valence-corrected chi connectivity index (χ2v) is 10.4. The first-order valence-electron chi connectivity index (χ1n) is 13.8. The second kappa shape index (κ2) is 9.62. The summed E-state index contributed by atoms with van der Waals surface area (Å²) in [6.07, 6.45) is 3.66. The number of rotatable bonds is 4. The minimum atomic E-state index is 0.613. The lowest BCUT2D eigenvalue weighted by atomic mass is 9.91. The highest BCUT2D eigenvalue weighted by Gasteiger charge is 2.17. The van der Waals surface area contributed by atoms with Crippen molar-refractivity contribution in [3.05, 3.63) is 139 Å². The molecule has 0 amide bonds. The fourth-order valence-corrected chi connectivity index (χ4v) is 5.98. The molecule has 0 fully saturated rings. The summed E-state index contributed by atoms with van der Waals surface area (Å²) in [4.78, 5) is 14.7. The number of aromatic nitrogens is 3. The van der Waals surface area contributed by atoms with Gasteiger partial charge in [0.2, 0.25) is 0 Å². The van der Waals surface area contributed by atoms with Crippen molar-refractivity contribution in [1.29, 1.82) is 5.26 Å². The number of nitrogens with zero attached hydrogens (tertiary/aromatic N) is 4. The van der Waals surface area contributed by atoms with Crippen LogP contribution in [0.15, 0.2) is 134 Å². The van der Waals surface area contributed by atoms with Crippen molar-refractivity contribution in [2.24, 2.45) is 0 Å². The molecule has 0 bridgehead atoms. The molecule has 0 saturated carbocycles. The third kappa shape index (κ3) is 3.88. The van der Waals surface area contributed by atoms with Crippen molar-refractivity contribution in [1.82, 2.24) is 15.0 Å². The Kier molecular flexibility index (Phi) is 5.48. The Labute approximate surface area is 242 Å². The summed E-state index contributed by atoms with van der Waals surface area (Å²) < 4.78 is 0. The first-order valence-corrected chi connectivity index (χ1v) is 13.8. The van der Waals surface area contributed by atoms with Crippen molar-refractivity contribution < 1.29 is 0 Å². The van der Waals surface area contributed by atoms with Gasteiger partial charge in [-0.05, 0) is 68.2 Å². The Balaban J connectivity index is 1.41. The summed E-state index contributed by atoms with van der Waals surface area (Å²) in [5.74, 6) is 0.658. The van der Waals surface area contributed by atoms with E-state index in [1.54, 1.807) is 6.20 Å². The van der Waals surface area contributed by atoms with Crippen LogP contribution in [0.2, 0.25) is 0 Å². The average molecular weight is 535 g/mol. The smallest absolute Gasteiger partial charge is 0.161 e. The van der Waals surface area contributed by atoms with Gasteiger partial charge in [-0.25, -0.2) is 9.97 Å². The molecule has 42 heavy (non-hydrogen) atoms. The highest BCUT2D eigenvalue weighted by Crippen LogP contribution is 2.40. The Morgan fingerprint density at radius 1 is 0.524 bits per heavy atom. The van der Waals surface area contributed by atoms with Gasteiger partial charge in [0, 0.05) is 34.6 Å². The largest absolute Gasteiger partial charge is 0.264 e. The van der Waals surface area contributed by atoms with Crippen LogP contribution in [0.25, 0.3) is 77.3 Å². The van der Waals surface area contributed by atoms with Crippen molar-refractivity contribution in [3.63, 3.8) is 0 Å². The zero-order chi connectivity index (χ0) is 28.0. The van der Waals surface area contributed by atoms with Crippen LogP contribution in [0.4, 0.5) is 0 Å². The fraction of sp³-hybridized carbons (Fsp3) is 0. The van der Waals surface area contributed by atoms with E-state index in [1.807, 2.05) is 54.7 Å². The molecule has 0 aliphatic heterocycles. The van der Waals surface area contributed by atoms with E-state index in [0.29, 0.717) is 11.4 Å². The van der Waals surface area contributed by atoms with E-state index in [9.17, 15) is 5.26 Å². The standard InChI is InChI=1S/C38H22N4/c39-22-24-10-12-25(13-11-24)34-21-35(31-9-2-1-8-30(31)29-7-4-20-40-23-29)42-38(41-34)33-19-17-28-15-14-26-5-3-6-27-16-18-32(33)37(28)36(26)27/h1-21,23H. The second-order valence-electron chi connectivity index (χ2n) is 10.4. The quantitative estimate of drug-likeness (QED) is 0.211. The third-order valence-electron chi connectivity index (χ3n) is 7.98. The van der Waals surface area contributed by atoms with E-state index in [-0.39, 0.29) is 0 Å². The molecule has 0 atom stereocenters. The lowest BCUT2D eigenvalue weighted by Crippen LogP contribution is -1.98. The van der Waals surface area contributed by atoms with Crippen molar-refractivity contribution in [3.8, 4) is 51.1 Å². The molecule has 0 unspecified atom stereocenters. The van der Waals surface area contributed by atoms with Crippen LogP contribution in [0, 0.1) is 11.3 Å². The van der Waals surface area contributed by atoms with Gasteiger partial charge in [-0.15, -0.1) is 0 Å². The number of benzene rings is 6. The van der Waals surface area contributed by atoms with E-state index in [0.717, 1.165) is 44.6 Å². The molecule has 0 saturated heterocycles. The molecule has 194 valence electrons. The molecule has 8 aromatic rings. The maximum Gasteiger partial charge on any atom is 0.161 e. The molecule has 8 rings (SSSR count). The summed E-state index contributed by atoms with van der Waals surface area (Å²) in [6, 6.07) is 43.6. The summed E-state index contributed by atoms with van der Waals surface area (Å²) in [6.45, 7) is 0. The highest BCUT2D eigenvalue weighted by atomic mass is 14.9. The van der Waals surface area contributed by atoms with Gasteiger partial charge in [0.1, 0.15) is 0 Å². The number of hydrogen-bond donors (Lipinski definition) is 0. The zero-order valence-corrected chi connectivity index (χ0v) is 22.5. The van der Waals surface area contributed by atoms with Gasteiger partial charge in [-0.3, -0.25) is 4.98 Å². The summed E-state index contributed by atoms with van der Waals surface area (Å²) in [5, 5.41) is 16.6. The normalized spacial score (nSPS) is 11.3. The molecule has 4 nitrogen and oxygen atoms in total. The van der Waals surface area contributed by atoms with Crippen LogP contribution in [-0.2, 0) is 0 Å². The summed E-state index contributed by atoms with van der Waals surface area (Å²) in [5.41, 5.74) is 7.22. The van der Waals surface area contributed by atoms with Gasteiger partial charge >= 0.3 is 0 Å². The summed E-state index contributed by atoms with van der Waals surface area (Å²) in [7, 11) is 0. The van der Waals surface area contributed by atoms with Crippen LogP contribution in [0.1, 0.15) is 5.56 Å². The number of hydrogen-bond acceptors (Lipinski definition) is 4. The molecular formula is C38H22N4. The molecule has 2 heterocycles. The Bertz CT molecular complexity index is 2280. The van der Waals surface area contributed by atoms with Crippen molar-refractivity contribution in [2.45, 2.75) is 0 Å². The van der Waals surface area contributed by atoms with E-state index < -0.39 is 0 Å². The zero-order valence-electron chi connectivity index (χ0n) is 22.5. The molecule has 4 heteroatoms. The topological polar surface area (TPSA) is 62.5 Å². The minimum absolute atomic E-state index is 0.613. The Morgan fingerprint density at radius 2 is 1.24 bits per heavy atom. The molecule has 0 N–H and O–H groups in total. The van der Waals surface area contributed by atoms with Gasteiger partial charge in [-0.1, -0.05) is 91.0 Å². The van der Waals surface area contributed by atoms with E-state index in [2.05, 4.69) is 83.8 Å². The fourth-order valence-electron chi connectivity index (χ4n) is 5.98. The number of nitriles is 1. The maximum atomic E-state index is 9.36. The Morgan fingerprint density at radius 3 is 2.00 bits per heavy atom. The third-order valence-corrected chi connectivity index (χ3v) is 7.98. The predicted molar refractivity (Wildman–Crippen MR) is 170 cm³/mol. The van der Waals surface area contributed by atoms with E-state index in [1.165, 1.54) is 26.9 Å². The van der Waals surface area contributed by atoms with Gasteiger partial charge < -0.3 is 0 Å². The first kappa shape index (κ1) is 23.9. The first-order chi connectivity index (χ1) is 20.8. The summed E-state index contributed by atoms with van der Waals surface area (Å²) >= 11 is 0. The van der Waals surface area contributed by atoms with Crippen LogP contribution < -0.4 is 0 Å². The Hall–Kier alpha value is -5.92. The maximum absolute atomic E-state index is 9.36. The van der Waals surface area contributed by atoms with Crippen molar-refractivity contribution in [2.75, 3.05) is 0 Å². The van der Waals surface area contributed by atoms with Crippen LogP contribution in [0.5, 0.6) is 0 Å². The molecular weight excluding hydrogens is 512 g/mol. The van der Waals surface area contributed by atoms with E-state index >= 15 is 0 Å². The molecule has 2 aromatic heterocycles. The average Bonchev–Trinajstić information content (AvgIpc) is 3.07. The van der Waals surface area contributed by atoms with Gasteiger partial charge in [0.05, 0.1) is 23.0 Å². The number of pyridine rings is 1. The van der Waals surface area contributed by atoms with Gasteiger partial charge in [-0.2, -0.15) is 5.26 Å². The lowest BCUT2D eigenvalue weighted by molar-refractivity contribution is 1.19. The molecule has 6 aromatic carbocycles. The van der Waals surface area contributed by atoms with Crippen LogP contribution >= 0.6 is 0 Å². The highest BCUT2D eigenvalue weighted by molar-refractivity contribution is 6.25. The van der Waals surface area contributed by atoms with Gasteiger partial charge in [0.15, 0.2) is 5.82 Å². The molecule has 0 aliphatic carbocycles. The minimum Gasteiger partial charge on any atom is -0.264 e. The predicted octanol–water partition coefficient (Wildman–Crippen LogP) is 9.31. The SMILES string of the molecule is N#Cc1ccc(-c2cc(-c3ccccc3-c3cccnc3)nc(-c3ccc4ccc5cccc6ccc3c4c56)n2)cc1. The van der Waals surface area contributed by atoms with Crippen molar-refractivity contribution >= 4 is 32.3 Å². The molecule has 0 aliphatic rings. The van der Waals surface area contributed by atoms with Gasteiger partial charge in [0.25, 0.3) is 0 Å². The molecule has 0 spiro atoms. The van der Waals surface area contributed by atoms with Crippen LogP contribution in [-0.4, -0.2) is 15.0 Å². The van der Waals surface area contributed by atoms with Crippen LogP contribution in [0.3, 0.4) is 0 Å². The lowest BCUT2D eigenvalue weighted by Gasteiger charge is -2.15. The molecule has 0 radical (unpaired) electrons.